The molecule has 0 aliphatic heterocycles. The second-order valence-corrected chi connectivity index (χ2v) is 5.61. The van der Waals surface area contributed by atoms with Gasteiger partial charge < -0.3 is 0 Å². The zero-order valence-corrected chi connectivity index (χ0v) is 10.5. The van der Waals surface area contributed by atoms with Crippen LogP contribution in [0.15, 0.2) is 45.2 Å². The Morgan fingerprint density at radius 3 is 2.71 bits per heavy atom. The number of benzene rings is 1. The molecular weight excluding hydrogens is 278 g/mol. The first kappa shape index (κ1) is 10.2. The summed E-state index contributed by atoms with van der Waals surface area (Å²) in [6, 6.07) is 8.35. The Morgan fingerprint density at radius 1 is 1.29 bits per heavy atom. The number of thioether (sulfide) groups is 1. The number of nitrogens with zero attached hydrogens (tertiary/aromatic N) is 1. The van der Waals surface area contributed by atoms with Crippen molar-refractivity contribution in [2.75, 3.05) is 0 Å². The standard InChI is InChI=1S/C10H8BrNS2/c11-8-1-3-9(4-2-8)14-7-10-12-5-6-13-10/h1-6H,7H2. The summed E-state index contributed by atoms with van der Waals surface area (Å²) in [6.07, 6.45) is 1.85. The molecule has 1 aromatic carbocycles. The predicted octanol–water partition coefficient (Wildman–Crippen LogP) is 4.20. The quantitative estimate of drug-likeness (QED) is 0.784. The lowest BCUT2D eigenvalue weighted by Crippen LogP contribution is -1.77. The second kappa shape index (κ2) is 4.96. The minimum absolute atomic E-state index is 0.958. The van der Waals surface area contributed by atoms with E-state index in [1.807, 2.05) is 23.3 Å². The highest BCUT2D eigenvalue weighted by molar-refractivity contribution is 9.10. The van der Waals surface area contributed by atoms with Crippen LogP contribution in [0.3, 0.4) is 0 Å². The van der Waals surface area contributed by atoms with Crippen molar-refractivity contribution in [3.05, 3.63) is 45.3 Å². The zero-order valence-electron chi connectivity index (χ0n) is 7.31. The van der Waals surface area contributed by atoms with Crippen molar-refractivity contribution in [1.82, 2.24) is 4.98 Å². The van der Waals surface area contributed by atoms with Crippen LogP contribution >= 0.6 is 39.0 Å². The molecule has 0 saturated carbocycles. The van der Waals surface area contributed by atoms with Gasteiger partial charge in [0.05, 0.1) is 5.75 Å². The molecule has 4 heteroatoms. The minimum Gasteiger partial charge on any atom is -0.249 e. The van der Waals surface area contributed by atoms with Gasteiger partial charge >= 0.3 is 0 Å². The molecule has 0 aliphatic carbocycles. The Bertz CT molecular complexity index is 383. The molecule has 0 bridgehead atoms. The molecule has 0 N–H and O–H groups in total. The topological polar surface area (TPSA) is 12.9 Å². The molecule has 1 nitrogen and oxygen atoms in total. The van der Waals surface area contributed by atoms with E-state index < -0.39 is 0 Å². The number of hydrogen-bond donors (Lipinski definition) is 0. The van der Waals surface area contributed by atoms with Gasteiger partial charge in [-0.2, -0.15) is 0 Å². The van der Waals surface area contributed by atoms with E-state index in [0.29, 0.717) is 0 Å². The average Bonchev–Trinajstić information content (AvgIpc) is 2.70. The SMILES string of the molecule is Brc1ccc(SCc2nccs2)cc1. The Hall–Kier alpha value is -0.320. The van der Waals surface area contributed by atoms with Crippen molar-refractivity contribution in [3.8, 4) is 0 Å². The maximum absolute atomic E-state index is 4.24. The summed E-state index contributed by atoms with van der Waals surface area (Å²) in [5, 5.41) is 3.19. The van der Waals surface area contributed by atoms with Gasteiger partial charge in [-0.25, -0.2) is 4.98 Å². The van der Waals surface area contributed by atoms with Crippen LogP contribution in [0.25, 0.3) is 0 Å². The summed E-state index contributed by atoms with van der Waals surface area (Å²) < 4.78 is 1.12. The smallest absolute Gasteiger partial charge is 0.103 e. The van der Waals surface area contributed by atoms with Gasteiger partial charge in [-0.3, -0.25) is 0 Å². The molecule has 0 atom stereocenters. The highest BCUT2D eigenvalue weighted by Crippen LogP contribution is 2.24. The molecule has 0 radical (unpaired) electrons. The van der Waals surface area contributed by atoms with E-state index >= 15 is 0 Å². The third kappa shape index (κ3) is 2.83. The van der Waals surface area contributed by atoms with Crippen LogP contribution in [-0.4, -0.2) is 4.98 Å². The van der Waals surface area contributed by atoms with Crippen molar-refractivity contribution in [2.24, 2.45) is 0 Å². The van der Waals surface area contributed by atoms with Crippen LogP contribution in [0, 0.1) is 0 Å². The van der Waals surface area contributed by atoms with Gasteiger partial charge in [-0.05, 0) is 24.3 Å². The fraction of sp³-hybridized carbons (Fsp3) is 0.100. The molecule has 0 spiro atoms. The molecule has 14 heavy (non-hydrogen) atoms. The van der Waals surface area contributed by atoms with Gasteiger partial charge in [0.15, 0.2) is 0 Å². The summed E-state index contributed by atoms with van der Waals surface area (Å²) in [5.74, 6) is 0.958. The monoisotopic (exact) mass is 285 g/mol. The maximum atomic E-state index is 4.24. The van der Waals surface area contributed by atoms with Crippen LogP contribution in [0.2, 0.25) is 0 Å². The number of aromatic nitrogens is 1. The fourth-order valence-corrected chi connectivity index (χ4v) is 2.81. The Morgan fingerprint density at radius 2 is 2.07 bits per heavy atom. The molecule has 2 aromatic rings. The Kier molecular flexibility index (Phi) is 3.61. The summed E-state index contributed by atoms with van der Waals surface area (Å²) in [5.41, 5.74) is 0. The normalized spacial score (nSPS) is 10.4. The summed E-state index contributed by atoms with van der Waals surface area (Å²) in [6.45, 7) is 0. The second-order valence-electron chi connectivity index (χ2n) is 2.67. The number of hydrogen-bond acceptors (Lipinski definition) is 3. The van der Waals surface area contributed by atoms with Crippen molar-refractivity contribution in [3.63, 3.8) is 0 Å². The molecule has 72 valence electrons. The van der Waals surface area contributed by atoms with Crippen molar-refractivity contribution in [2.45, 2.75) is 10.6 Å². The van der Waals surface area contributed by atoms with Gasteiger partial charge in [0.25, 0.3) is 0 Å². The van der Waals surface area contributed by atoms with Crippen LogP contribution in [-0.2, 0) is 5.75 Å². The van der Waals surface area contributed by atoms with Gasteiger partial charge in [-0.1, -0.05) is 15.9 Å². The highest BCUT2D eigenvalue weighted by atomic mass is 79.9. The van der Waals surface area contributed by atoms with E-state index in [1.165, 1.54) is 9.90 Å². The van der Waals surface area contributed by atoms with E-state index in [4.69, 9.17) is 0 Å². The molecule has 0 unspecified atom stereocenters. The van der Waals surface area contributed by atoms with Crippen molar-refractivity contribution in [1.29, 1.82) is 0 Å². The lowest BCUT2D eigenvalue weighted by Gasteiger charge is -1.98. The summed E-state index contributed by atoms with van der Waals surface area (Å²) in [4.78, 5) is 5.52. The largest absolute Gasteiger partial charge is 0.249 e. The van der Waals surface area contributed by atoms with E-state index in [1.54, 1.807) is 11.3 Å². The summed E-state index contributed by atoms with van der Waals surface area (Å²) in [7, 11) is 0. The minimum atomic E-state index is 0.958. The van der Waals surface area contributed by atoms with Crippen molar-refractivity contribution >= 4 is 39.0 Å². The van der Waals surface area contributed by atoms with E-state index in [-0.39, 0.29) is 0 Å². The van der Waals surface area contributed by atoms with Crippen molar-refractivity contribution < 1.29 is 0 Å². The van der Waals surface area contributed by atoms with Gasteiger partial charge in [0, 0.05) is 20.9 Å². The van der Waals surface area contributed by atoms with Crippen LogP contribution in [0.4, 0.5) is 0 Å². The average molecular weight is 286 g/mol. The third-order valence-corrected chi connectivity index (χ3v) is 4.17. The van der Waals surface area contributed by atoms with E-state index in [2.05, 4.69) is 45.2 Å². The number of rotatable bonds is 3. The maximum Gasteiger partial charge on any atom is 0.103 e. The predicted molar refractivity (Wildman–Crippen MR) is 65.8 cm³/mol. The van der Waals surface area contributed by atoms with Gasteiger partial charge in [-0.15, -0.1) is 23.1 Å². The molecule has 0 aliphatic rings. The Labute approximate surface area is 99.7 Å². The molecule has 1 heterocycles. The first-order chi connectivity index (χ1) is 6.84. The zero-order chi connectivity index (χ0) is 9.80. The molecule has 0 saturated heterocycles. The Balaban J connectivity index is 1.95. The first-order valence-corrected chi connectivity index (χ1v) is 6.77. The number of thiazole rings is 1. The first-order valence-electron chi connectivity index (χ1n) is 4.11. The van der Waals surface area contributed by atoms with Gasteiger partial charge in [0.1, 0.15) is 5.01 Å². The molecule has 0 amide bonds. The molecule has 2 rings (SSSR count). The highest BCUT2D eigenvalue weighted by Gasteiger charge is 1.97. The molecule has 0 fully saturated rings. The van der Waals surface area contributed by atoms with Gasteiger partial charge in [0.2, 0.25) is 0 Å². The third-order valence-electron chi connectivity index (χ3n) is 1.66. The van der Waals surface area contributed by atoms with Crippen LogP contribution in [0.5, 0.6) is 0 Å². The lowest BCUT2D eigenvalue weighted by molar-refractivity contribution is 1.26. The summed E-state index contributed by atoms with van der Waals surface area (Å²) >= 11 is 6.93. The molecule has 1 aromatic heterocycles. The van der Waals surface area contributed by atoms with E-state index in [0.717, 1.165) is 10.2 Å². The van der Waals surface area contributed by atoms with Crippen LogP contribution in [0.1, 0.15) is 5.01 Å². The molecular formula is C10H8BrNS2. The fourth-order valence-electron chi connectivity index (χ4n) is 1.00. The number of halogens is 1. The van der Waals surface area contributed by atoms with E-state index in [9.17, 15) is 0 Å². The lowest BCUT2D eigenvalue weighted by atomic mass is 10.4. The van der Waals surface area contributed by atoms with Crippen LogP contribution < -0.4 is 0 Å².